The largest absolute Gasteiger partial charge is 0.485 e. The zero-order chi connectivity index (χ0) is 16.6. The van der Waals surface area contributed by atoms with Crippen molar-refractivity contribution in [1.29, 1.82) is 0 Å². The Hall–Kier alpha value is -3.48. The normalized spacial score (nSPS) is 16.1. The van der Waals surface area contributed by atoms with Crippen LogP contribution in [0.4, 0.5) is 0 Å². The molecule has 7 nitrogen and oxygen atoms in total. The Morgan fingerprint density at radius 2 is 1.80 bits per heavy atom. The van der Waals surface area contributed by atoms with Crippen LogP contribution in [0, 0.1) is 0 Å². The van der Waals surface area contributed by atoms with Crippen molar-refractivity contribution in [3.63, 3.8) is 0 Å². The first-order chi connectivity index (χ1) is 12.4. The summed E-state index contributed by atoms with van der Waals surface area (Å²) in [4.78, 5) is 12.9. The molecule has 5 rings (SSSR count). The summed E-state index contributed by atoms with van der Waals surface area (Å²) in [5, 5.41) is 4.60. The molecule has 0 fully saturated rings. The molecule has 0 unspecified atom stereocenters. The van der Waals surface area contributed by atoms with Crippen LogP contribution in [0.1, 0.15) is 11.9 Å². The standard InChI is InChI=1S/C18H13N5O2/c1-2-4-15-14(3-1)24-11-16(25-15)17-21-18-20-10-7-13(23(18)22-17)12-5-8-19-9-6-12/h1-10,16H,11H2/t16-/m1/s1. The maximum absolute atomic E-state index is 5.99. The van der Waals surface area contributed by atoms with Gasteiger partial charge in [-0.3, -0.25) is 4.98 Å². The zero-order valence-electron chi connectivity index (χ0n) is 13.1. The Bertz CT molecular complexity index is 1050. The monoisotopic (exact) mass is 331 g/mol. The van der Waals surface area contributed by atoms with E-state index in [1.165, 1.54) is 0 Å². The fraction of sp³-hybridized carbons (Fsp3) is 0.111. The lowest BCUT2D eigenvalue weighted by Gasteiger charge is -2.24. The van der Waals surface area contributed by atoms with E-state index in [-0.39, 0.29) is 6.10 Å². The van der Waals surface area contributed by atoms with Crippen molar-refractivity contribution in [2.75, 3.05) is 6.61 Å². The number of aromatic nitrogens is 5. The predicted octanol–water partition coefficient (Wildman–Crippen LogP) is 2.70. The summed E-state index contributed by atoms with van der Waals surface area (Å²) in [5.74, 6) is 2.49. The molecule has 4 heterocycles. The van der Waals surface area contributed by atoms with Crippen molar-refractivity contribution < 1.29 is 9.47 Å². The molecule has 3 aromatic heterocycles. The van der Waals surface area contributed by atoms with Gasteiger partial charge in [0.25, 0.3) is 5.78 Å². The van der Waals surface area contributed by atoms with Gasteiger partial charge in [0, 0.05) is 24.2 Å². The third kappa shape index (κ3) is 2.37. The van der Waals surface area contributed by atoms with Gasteiger partial charge in [-0.1, -0.05) is 12.1 Å². The van der Waals surface area contributed by atoms with Crippen molar-refractivity contribution in [2.45, 2.75) is 6.10 Å². The van der Waals surface area contributed by atoms with Crippen LogP contribution in [0.25, 0.3) is 17.0 Å². The minimum Gasteiger partial charge on any atom is -0.485 e. The van der Waals surface area contributed by atoms with E-state index >= 15 is 0 Å². The Morgan fingerprint density at radius 1 is 0.960 bits per heavy atom. The molecule has 0 saturated carbocycles. The summed E-state index contributed by atoms with van der Waals surface area (Å²) in [6, 6.07) is 13.3. The Labute approximate surface area is 142 Å². The number of ether oxygens (including phenoxy) is 2. The van der Waals surface area contributed by atoms with E-state index in [1.54, 1.807) is 23.1 Å². The van der Waals surface area contributed by atoms with Gasteiger partial charge in [0.15, 0.2) is 23.4 Å². The fourth-order valence-corrected chi connectivity index (χ4v) is 2.83. The number of hydrogen-bond donors (Lipinski definition) is 0. The predicted molar refractivity (Wildman–Crippen MR) is 89.3 cm³/mol. The van der Waals surface area contributed by atoms with E-state index in [4.69, 9.17) is 9.47 Å². The summed E-state index contributed by atoms with van der Waals surface area (Å²) >= 11 is 0. The second-order valence-corrected chi connectivity index (χ2v) is 5.61. The van der Waals surface area contributed by atoms with Crippen LogP contribution < -0.4 is 9.47 Å². The van der Waals surface area contributed by atoms with Crippen LogP contribution in [0.5, 0.6) is 11.5 Å². The fourth-order valence-electron chi connectivity index (χ4n) is 2.83. The highest BCUT2D eigenvalue weighted by molar-refractivity contribution is 5.60. The number of rotatable bonds is 2. The number of para-hydroxylation sites is 2. The minimum absolute atomic E-state index is 0.360. The molecule has 0 radical (unpaired) electrons. The van der Waals surface area contributed by atoms with Gasteiger partial charge in [-0.2, -0.15) is 9.50 Å². The van der Waals surface area contributed by atoms with Crippen LogP contribution in [0.15, 0.2) is 61.1 Å². The van der Waals surface area contributed by atoms with E-state index in [9.17, 15) is 0 Å². The zero-order valence-corrected chi connectivity index (χ0v) is 13.1. The molecule has 0 N–H and O–H groups in total. The van der Waals surface area contributed by atoms with Crippen LogP contribution in [0.2, 0.25) is 0 Å². The average Bonchev–Trinajstić information content (AvgIpc) is 3.12. The SMILES string of the molecule is c1ccc2c(c1)OC[C@H](c1nc3nccc(-c4ccncc4)n3n1)O2. The van der Waals surface area contributed by atoms with Crippen LogP contribution >= 0.6 is 0 Å². The molecule has 1 aliphatic rings. The number of hydrogen-bond acceptors (Lipinski definition) is 6. The molecule has 4 aromatic rings. The van der Waals surface area contributed by atoms with Gasteiger partial charge >= 0.3 is 0 Å². The summed E-state index contributed by atoms with van der Waals surface area (Å²) in [7, 11) is 0. The van der Waals surface area contributed by atoms with Gasteiger partial charge < -0.3 is 9.47 Å². The lowest BCUT2D eigenvalue weighted by molar-refractivity contribution is 0.0852. The van der Waals surface area contributed by atoms with E-state index in [0.717, 1.165) is 17.0 Å². The molecule has 122 valence electrons. The number of benzene rings is 1. The maximum Gasteiger partial charge on any atom is 0.253 e. The topological polar surface area (TPSA) is 74.4 Å². The first-order valence-electron chi connectivity index (χ1n) is 7.89. The van der Waals surface area contributed by atoms with Gasteiger partial charge in [0.05, 0.1) is 5.69 Å². The number of fused-ring (bicyclic) bond motifs is 2. The number of pyridine rings is 1. The van der Waals surface area contributed by atoms with Gasteiger partial charge in [-0.05, 0) is 30.3 Å². The first kappa shape index (κ1) is 13.9. The van der Waals surface area contributed by atoms with Gasteiger partial charge in [-0.25, -0.2) is 4.98 Å². The Morgan fingerprint density at radius 3 is 2.68 bits per heavy atom. The molecule has 0 amide bonds. The highest BCUT2D eigenvalue weighted by Gasteiger charge is 2.26. The molecule has 0 bridgehead atoms. The Balaban J connectivity index is 1.56. The second kappa shape index (κ2) is 5.55. The summed E-state index contributed by atoms with van der Waals surface area (Å²) in [6.07, 6.45) is 4.84. The highest BCUT2D eigenvalue weighted by Crippen LogP contribution is 2.35. The van der Waals surface area contributed by atoms with Crippen LogP contribution in [-0.4, -0.2) is 31.2 Å². The van der Waals surface area contributed by atoms with Crippen molar-refractivity contribution in [3.8, 4) is 22.8 Å². The molecular weight excluding hydrogens is 318 g/mol. The van der Waals surface area contributed by atoms with Gasteiger partial charge in [0.2, 0.25) is 0 Å². The van der Waals surface area contributed by atoms with Gasteiger partial charge in [0.1, 0.15) is 6.61 Å². The van der Waals surface area contributed by atoms with Crippen molar-refractivity contribution in [3.05, 3.63) is 66.9 Å². The maximum atomic E-state index is 5.99. The summed E-state index contributed by atoms with van der Waals surface area (Å²) < 4.78 is 13.5. The molecule has 0 aliphatic carbocycles. The number of nitrogens with zero attached hydrogens (tertiary/aromatic N) is 5. The summed E-state index contributed by atoms with van der Waals surface area (Å²) in [6.45, 7) is 0.360. The van der Waals surface area contributed by atoms with Crippen LogP contribution in [0.3, 0.4) is 0 Å². The molecule has 25 heavy (non-hydrogen) atoms. The average molecular weight is 331 g/mol. The first-order valence-corrected chi connectivity index (χ1v) is 7.89. The third-order valence-corrected chi connectivity index (χ3v) is 4.03. The molecule has 1 atom stereocenters. The van der Waals surface area contributed by atoms with Gasteiger partial charge in [-0.15, -0.1) is 5.10 Å². The second-order valence-electron chi connectivity index (χ2n) is 5.61. The molecule has 0 saturated heterocycles. The molecule has 1 aromatic carbocycles. The van der Waals surface area contributed by atoms with Crippen LogP contribution in [-0.2, 0) is 0 Å². The molecular formula is C18H13N5O2. The lowest BCUT2D eigenvalue weighted by Crippen LogP contribution is -2.22. The van der Waals surface area contributed by atoms with E-state index in [0.29, 0.717) is 24.0 Å². The van der Waals surface area contributed by atoms with E-state index < -0.39 is 0 Å². The molecule has 7 heteroatoms. The molecule has 0 spiro atoms. The minimum atomic E-state index is -0.373. The smallest absolute Gasteiger partial charge is 0.253 e. The Kier molecular flexibility index (Phi) is 3.09. The van der Waals surface area contributed by atoms with Crippen molar-refractivity contribution >= 4 is 5.78 Å². The third-order valence-electron chi connectivity index (χ3n) is 4.03. The lowest BCUT2D eigenvalue weighted by atomic mass is 10.2. The van der Waals surface area contributed by atoms with E-state index in [2.05, 4.69) is 20.1 Å². The summed E-state index contributed by atoms with van der Waals surface area (Å²) in [5.41, 5.74) is 1.88. The van der Waals surface area contributed by atoms with Crippen molar-refractivity contribution in [2.24, 2.45) is 0 Å². The highest BCUT2D eigenvalue weighted by atomic mass is 16.6. The van der Waals surface area contributed by atoms with E-state index in [1.807, 2.05) is 42.5 Å². The quantitative estimate of drug-likeness (QED) is 0.562. The van der Waals surface area contributed by atoms with Crippen molar-refractivity contribution in [1.82, 2.24) is 24.6 Å². The molecule has 1 aliphatic heterocycles.